The molecule has 0 spiro atoms. The Morgan fingerprint density at radius 2 is 1.59 bits per heavy atom. The van der Waals surface area contributed by atoms with Crippen LogP contribution in [0.4, 0.5) is 5.69 Å². The van der Waals surface area contributed by atoms with E-state index in [9.17, 15) is 8.42 Å². The van der Waals surface area contributed by atoms with Crippen LogP contribution in [0.1, 0.15) is 0 Å². The molecule has 0 atom stereocenters. The highest BCUT2D eigenvalue weighted by molar-refractivity contribution is 7.92. The van der Waals surface area contributed by atoms with Crippen molar-refractivity contribution in [2.24, 2.45) is 0 Å². The summed E-state index contributed by atoms with van der Waals surface area (Å²) in [6, 6.07) is 22.3. The minimum Gasteiger partial charge on any atom is -0.496 e. The van der Waals surface area contributed by atoms with Crippen LogP contribution in [0.5, 0.6) is 5.75 Å². The summed E-state index contributed by atoms with van der Waals surface area (Å²) >= 11 is 0. The maximum Gasteiger partial charge on any atom is 0.261 e. The van der Waals surface area contributed by atoms with Crippen LogP contribution in [-0.4, -0.2) is 25.7 Å². The smallest absolute Gasteiger partial charge is 0.261 e. The van der Waals surface area contributed by atoms with Crippen LogP contribution in [0.2, 0.25) is 0 Å². The van der Waals surface area contributed by atoms with Crippen molar-refractivity contribution < 1.29 is 17.7 Å². The molecular weight excluding hydrogens is 390 g/mol. The molecule has 3 aromatic carbocycles. The lowest BCUT2D eigenvalue weighted by atomic mass is 10.2. The molecule has 0 amide bonds. The molecule has 1 heterocycles. The Morgan fingerprint density at radius 3 is 2.31 bits per heavy atom. The van der Waals surface area contributed by atoms with Crippen molar-refractivity contribution in [2.75, 3.05) is 11.8 Å². The van der Waals surface area contributed by atoms with Gasteiger partial charge in [0.1, 0.15) is 5.75 Å². The van der Waals surface area contributed by atoms with E-state index in [0.717, 1.165) is 5.56 Å². The minimum absolute atomic E-state index is 0.197. The lowest BCUT2D eigenvalue weighted by Crippen LogP contribution is -2.12. The number of nitrogens with zero attached hydrogens (tertiary/aromatic N) is 2. The molecule has 0 bridgehead atoms. The largest absolute Gasteiger partial charge is 0.496 e. The molecular formula is C21H17N3O4S. The maximum absolute atomic E-state index is 12.4. The molecule has 0 aliphatic heterocycles. The van der Waals surface area contributed by atoms with Crippen LogP contribution in [0, 0.1) is 0 Å². The van der Waals surface area contributed by atoms with E-state index in [0.29, 0.717) is 28.7 Å². The van der Waals surface area contributed by atoms with E-state index < -0.39 is 10.0 Å². The third kappa shape index (κ3) is 3.97. The zero-order valence-corrected chi connectivity index (χ0v) is 16.3. The SMILES string of the molecule is COc1ccccc1-c1noc(-c2ccc(NS(=O)(=O)c3ccccc3)cc2)n1. The van der Waals surface area contributed by atoms with E-state index in [1.807, 2.05) is 24.3 Å². The van der Waals surface area contributed by atoms with Gasteiger partial charge in [-0.3, -0.25) is 4.72 Å². The molecule has 0 radical (unpaired) electrons. The molecule has 0 aliphatic carbocycles. The number of sulfonamides is 1. The summed E-state index contributed by atoms with van der Waals surface area (Å²) in [4.78, 5) is 4.61. The third-order valence-corrected chi connectivity index (χ3v) is 5.61. The molecule has 0 aliphatic rings. The van der Waals surface area contributed by atoms with Crippen molar-refractivity contribution in [3.8, 4) is 28.6 Å². The number of anilines is 1. The van der Waals surface area contributed by atoms with E-state index in [1.54, 1.807) is 49.6 Å². The summed E-state index contributed by atoms with van der Waals surface area (Å²) in [5, 5.41) is 4.02. The van der Waals surface area contributed by atoms with Crippen LogP contribution >= 0.6 is 0 Å². The first-order valence-electron chi connectivity index (χ1n) is 8.72. The fraction of sp³-hybridized carbons (Fsp3) is 0.0476. The molecule has 0 unspecified atom stereocenters. The monoisotopic (exact) mass is 407 g/mol. The van der Waals surface area contributed by atoms with Gasteiger partial charge in [0.15, 0.2) is 0 Å². The van der Waals surface area contributed by atoms with Crippen LogP contribution in [0.25, 0.3) is 22.8 Å². The molecule has 0 saturated heterocycles. The summed E-state index contributed by atoms with van der Waals surface area (Å²) in [6.45, 7) is 0. The molecule has 8 heteroatoms. The van der Waals surface area contributed by atoms with Crippen molar-refractivity contribution in [2.45, 2.75) is 4.90 Å². The summed E-state index contributed by atoms with van der Waals surface area (Å²) in [5.74, 6) is 1.38. The topological polar surface area (TPSA) is 94.3 Å². The molecule has 1 N–H and O–H groups in total. The van der Waals surface area contributed by atoms with E-state index in [-0.39, 0.29) is 4.90 Å². The van der Waals surface area contributed by atoms with Crippen molar-refractivity contribution in [1.82, 2.24) is 10.1 Å². The number of hydrogen-bond acceptors (Lipinski definition) is 6. The highest BCUT2D eigenvalue weighted by Gasteiger charge is 2.16. The van der Waals surface area contributed by atoms with Crippen LogP contribution in [0.3, 0.4) is 0 Å². The van der Waals surface area contributed by atoms with E-state index in [1.165, 1.54) is 12.1 Å². The van der Waals surface area contributed by atoms with Crippen LogP contribution in [-0.2, 0) is 10.0 Å². The molecule has 146 valence electrons. The highest BCUT2D eigenvalue weighted by Crippen LogP contribution is 2.29. The Kier molecular flexibility index (Phi) is 5.01. The van der Waals surface area contributed by atoms with Gasteiger partial charge in [0.05, 0.1) is 17.6 Å². The van der Waals surface area contributed by atoms with E-state index >= 15 is 0 Å². The Bertz CT molecular complexity index is 1220. The fourth-order valence-corrected chi connectivity index (χ4v) is 3.85. The number of ether oxygens (including phenoxy) is 1. The second kappa shape index (κ2) is 7.76. The van der Waals surface area contributed by atoms with Crippen LogP contribution < -0.4 is 9.46 Å². The number of para-hydroxylation sites is 1. The van der Waals surface area contributed by atoms with Crippen molar-refractivity contribution in [3.05, 3.63) is 78.9 Å². The van der Waals surface area contributed by atoms with Gasteiger partial charge in [0.2, 0.25) is 5.82 Å². The first kappa shape index (κ1) is 18.7. The number of methoxy groups -OCH3 is 1. The molecule has 7 nitrogen and oxygen atoms in total. The lowest BCUT2D eigenvalue weighted by molar-refractivity contribution is 0.413. The van der Waals surface area contributed by atoms with Gasteiger partial charge in [-0.15, -0.1) is 0 Å². The molecule has 1 aromatic heterocycles. The Labute approximate surface area is 168 Å². The Hall–Kier alpha value is -3.65. The van der Waals surface area contributed by atoms with Gasteiger partial charge in [-0.1, -0.05) is 35.5 Å². The lowest BCUT2D eigenvalue weighted by Gasteiger charge is -2.08. The zero-order valence-electron chi connectivity index (χ0n) is 15.4. The average Bonchev–Trinajstić information content (AvgIpc) is 3.25. The number of rotatable bonds is 6. The first-order chi connectivity index (χ1) is 14.1. The Morgan fingerprint density at radius 1 is 0.897 bits per heavy atom. The van der Waals surface area contributed by atoms with Gasteiger partial charge in [0, 0.05) is 11.3 Å². The van der Waals surface area contributed by atoms with Gasteiger partial charge in [-0.2, -0.15) is 4.98 Å². The van der Waals surface area contributed by atoms with Gasteiger partial charge in [-0.05, 0) is 48.5 Å². The summed E-state index contributed by atoms with van der Waals surface area (Å²) in [6.07, 6.45) is 0. The molecule has 4 aromatic rings. The molecule has 0 saturated carbocycles. The third-order valence-electron chi connectivity index (χ3n) is 4.21. The number of nitrogens with one attached hydrogen (secondary N) is 1. The number of benzene rings is 3. The maximum atomic E-state index is 12.4. The molecule has 29 heavy (non-hydrogen) atoms. The predicted octanol–water partition coefficient (Wildman–Crippen LogP) is 4.21. The summed E-state index contributed by atoms with van der Waals surface area (Å²) in [7, 11) is -2.07. The Balaban J connectivity index is 1.55. The molecule has 0 fully saturated rings. The predicted molar refractivity (Wildman–Crippen MR) is 109 cm³/mol. The average molecular weight is 407 g/mol. The van der Waals surface area contributed by atoms with E-state index in [2.05, 4.69) is 14.9 Å². The second-order valence-electron chi connectivity index (χ2n) is 6.12. The van der Waals surface area contributed by atoms with Gasteiger partial charge < -0.3 is 9.26 Å². The van der Waals surface area contributed by atoms with Crippen molar-refractivity contribution in [1.29, 1.82) is 0 Å². The van der Waals surface area contributed by atoms with Crippen molar-refractivity contribution in [3.63, 3.8) is 0 Å². The molecule has 4 rings (SSSR count). The highest BCUT2D eigenvalue weighted by atomic mass is 32.2. The normalized spacial score (nSPS) is 11.2. The fourth-order valence-electron chi connectivity index (χ4n) is 2.77. The van der Waals surface area contributed by atoms with Gasteiger partial charge in [-0.25, -0.2) is 8.42 Å². The summed E-state index contributed by atoms with van der Waals surface area (Å²) < 4.78 is 38.1. The van der Waals surface area contributed by atoms with Crippen LogP contribution in [0.15, 0.2) is 88.3 Å². The van der Waals surface area contributed by atoms with Gasteiger partial charge in [0.25, 0.3) is 15.9 Å². The standard InChI is InChI=1S/C21H17N3O4S/c1-27-19-10-6-5-9-18(19)20-22-21(28-23-20)15-11-13-16(14-12-15)24-29(25,26)17-7-3-2-4-8-17/h2-14,24H,1H3. The second-order valence-corrected chi connectivity index (χ2v) is 7.80. The summed E-state index contributed by atoms with van der Waals surface area (Å²) in [5.41, 5.74) is 1.82. The van der Waals surface area contributed by atoms with E-state index in [4.69, 9.17) is 9.26 Å². The van der Waals surface area contributed by atoms with Gasteiger partial charge >= 0.3 is 0 Å². The quantitative estimate of drug-likeness (QED) is 0.514. The minimum atomic E-state index is -3.65. The number of aromatic nitrogens is 2. The number of hydrogen-bond donors (Lipinski definition) is 1. The first-order valence-corrected chi connectivity index (χ1v) is 10.2. The zero-order chi connectivity index (χ0) is 20.3. The van der Waals surface area contributed by atoms with Crippen molar-refractivity contribution >= 4 is 15.7 Å².